The molecule has 0 bridgehead atoms. The third-order valence-electron chi connectivity index (χ3n) is 6.47. The molecule has 0 aromatic heterocycles. The predicted molar refractivity (Wildman–Crippen MR) is 101 cm³/mol. The Labute approximate surface area is 156 Å². The van der Waals surface area contributed by atoms with Crippen molar-refractivity contribution in [2.45, 2.75) is 49.9 Å². The highest BCUT2D eigenvalue weighted by Crippen LogP contribution is 2.52. The minimum Gasteiger partial charge on any atom is -0.356 e. The molecule has 26 heavy (non-hydrogen) atoms. The zero-order chi connectivity index (χ0) is 18.4. The van der Waals surface area contributed by atoms with Gasteiger partial charge in [0.2, 0.25) is 15.9 Å². The minimum absolute atomic E-state index is 0.0270. The Morgan fingerprint density at radius 2 is 1.92 bits per heavy atom. The van der Waals surface area contributed by atoms with Crippen molar-refractivity contribution in [2.75, 3.05) is 25.9 Å². The van der Waals surface area contributed by atoms with E-state index in [0.29, 0.717) is 25.4 Å². The number of hydrogen-bond acceptors (Lipinski definition) is 3. The molecule has 1 saturated carbocycles. The van der Waals surface area contributed by atoms with E-state index in [0.717, 1.165) is 25.8 Å². The normalized spacial score (nSPS) is 25.2. The van der Waals surface area contributed by atoms with Crippen LogP contribution in [-0.2, 0) is 20.2 Å². The molecule has 1 saturated heterocycles. The van der Waals surface area contributed by atoms with Gasteiger partial charge >= 0.3 is 0 Å². The average molecular weight is 377 g/mol. The van der Waals surface area contributed by atoms with Gasteiger partial charge in [-0.2, -0.15) is 0 Å². The lowest BCUT2D eigenvalue weighted by molar-refractivity contribution is -0.121. The molecule has 2 fully saturated rings. The molecule has 1 spiro atoms. The van der Waals surface area contributed by atoms with Crippen LogP contribution in [0.5, 0.6) is 0 Å². The first-order chi connectivity index (χ1) is 12.4. The number of sulfonamides is 1. The van der Waals surface area contributed by atoms with Crippen LogP contribution in [0.3, 0.4) is 0 Å². The summed E-state index contributed by atoms with van der Waals surface area (Å²) >= 11 is 0. The molecule has 1 N–H and O–H groups in total. The fraction of sp³-hybridized carbons (Fsp3) is 0.650. The lowest BCUT2D eigenvalue weighted by atomic mass is 9.73. The van der Waals surface area contributed by atoms with E-state index < -0.39 is 10.0 Å². The highest BCUT2D eigenvalue weighted by Gasteiger charge is 2.46. The number of fused-ring (bicyclic) bond motifs is 2. The van der Waals surface area contributed by atoms with Crippen LogP contribution >= 0.6 is 0 Å². The minimum atomic E-state index is -3.12. The summed E-state index contributed by atoms with van der Waals surface area (Å²) < 4.78 is 25.3. The van der Waals surface area contributed by atoms with Gasteiger partial charge in [0.25, 0.3) is 0 Å². The van der Waals surface area contributed by atoms with Gasteiger partial charge in [0.15, 0.2) is 0 Å². The Hall–Kier alpha value is -1.40. The Morgan fingerprint density at radius 3 is 2.58 bits per heavy atom. The molecule has 0 unspecified atom stereocenters. The van der Waals surface area contributed by atoms with Gasteiger partial charge in [-0.1, -0.05) is 24.3 Å². The molecule has 6 heteroatoms. The Kier molecular flexibility index (Phi) is 4.59. The van der Waals surface area contributed by atoms with Crippen LogP contribution in [0, 0.1) is 5.92 Å². The zero-order valence-corrected chi connectivity index (χ0v) is 16.2. The predicted octanol–water partition coefficient (Wildman–Crippen LogP) is 2.38. The molecular weight excluding hydrogens is 348 g/mol. The second kappa shape index (κ2) is 6.64. The Balaban J connectivity index is 1.48. The topological polar surface area (TPSA) is 66.5 Å². The maximum Gasteiger partial charge on any atom is 0.220 e. The van der Waals surface area contributed by atoms with Crippen molar-refractivity contribution in [1.82, 2.24) is 9.62 Å². The molecule has 4 rings (SSSR count). The summed E-state index contributed by atoms with van der Waals surface area (Å²) in [5.74, 6) is 1.10. The molecule has 3 aliphatic rings. The van der Waals surface area contributed by atoms with Crippen LogP contribution in [0.1, 0.15) is 55.6 Å². The van der Waals surface area contributed by atoms with E-state index in [1.165, 1.54) is 30.2 Å². The number of benzene rings is 1. The molecule has 1 aromatic rings. The summed E-state index contributed by atoms with van der Waals surface area (Å²) in [6, 6.07) is 8.47. The van der Waals surface area contributed by atoms with Gasteiger partial charge in [0.1, 0.15) is 0 Å². The molecule has 142 valence electrons. The van der Waals surface area contributed by atoms with Crippen molar-refractivity contribution in [3.05, 3.63) is 35.4 Å². The molecule has 5 nitrogen and oxygen atoms in total. The number of rotatable bonds is 5. The zero-order valence-electron chi connectivity index (χ0n) is 15.4. The Morgan fingerprint density at radius 1 is 1.23 bits per heavy atom. The van der Waals surface area contributed by atoms with Crippen molar-refractivity contribution < 1.29 is 13.2 Å². The van der Waals surface area contributed by atoms with Crippen LogP contribution in [-0.4, -0.2) is 44.5 Å². The number of amides is 1. The van der Waals surface area contributed by atoms with Gasteiger partial charge in [-0.15, -0.1) is 0 Å². The first-order valence-corrected chi connectivity index (χ1v) is 11.5. The quantitative estimate of drug-likeness (QED) is 0.858. The third kappa shape index (κ3) is 3.54. The number of nitrogens with zero attached hydrogens (tertiary/aromatic N) is 1. The monoisotopic (exact) mass is 376 g/mol. The van der Waals surface area contributed by atoms with E-state index in [1.54, 1.807) is 4.31 Å². The van der Waals surface area contributed by atoms with Gasteiger partial charge < -0.3 is 5.32 Å². The van der Waals surface area contributed by atoms with Crippen molar-refractivity contribution in [1.29, 1.82) is 0 Å². The van der Waals surface area contributed by atoms with Crippen LogP contribution in [0.15, 0.2) is 24.3 Å². The van der Waals surface area contributed by atoms with Crippen LogP contribution in [0.4, 0.5) is 0 Å². The number of hydrogen-bond donors (Lipinski definition) is 1. The highest BCUT2D eigenvalue weighted by atomic mass is 32.2. The summed E-state index contributed by atoms with van der Waals surface area (Å²) in [4.78, 5) is 12.4. The first-order valence-electron chi connectivity index (χ1n) is 9.69. The first kappa shape index (κ1) is 18.0. The van der Waals surface area contributed by atoms with Gasteiger partial charge in [-0.25, -0.2) is 12.7 Å². The largest absolute Gasteiger partial charge is 0.356 e. The van der Waals surface area contributed by atoms with Crippen molar-refractivity contribution >= 4 is 15.9 Å². The van der Waals surface area contributed by atoms with Gasteiger partial charge in [0.05, 0.1) is 6.26 Å². The Bertz CT molecular complexity index is 793. The second-order valence-electron chi connectivity index (χ2n) is 8.38. The van der Waals surface area contributed by atoms with Crippen molar-refractivity contribution in [3.63, 3.8) is 0 Å². The standard InChI is InChI=1S/C20H28N2O3S/c1-26(24,25)22-10-8-20(9-11-22)13-16(17-4-2-3-5-18(17)20)12-19(23)21-14-15-6-7-15/h2-5,15-16H,6-14H2,1H3,(H,21,23)/t16-/m1/s1. The molecule has 1 atom stereocenters. The summed E-state index contributed by atoms with van der Waals surface area (Å²) in [5.41, 5.74) is 2.66. The van der Waals surface area contributed by atoms with E-state index in [4.69, 9.17) is 0 Å². The van der Waals surface area contributed by atoms with Gasteiger partial charge in [0, 0.05) is 26.1 Å². The SMILES string of the molecule is CS(=O)(=O)N1CCC2(CC1)C[C@@H](CC(=O)NCC1CC1)c1ccccc12. The second-order valence-corrected chi connectivity index (χ2v) is 10.4. The van der Waals surface area contributed by atoms with Crippen LogP contribution in [0.25, 0.3) is 0 Å². The summed E-state index contributed by atoms with van der Waals surface area (Å²) in [6.07, 6.45) is 6.97. The third-order valence-corrected chi connectivity index (χ3v) is 7.78. The maximum absolute atomic E-state index is 12.4. The number of carbonyl (C=O) groups is 1. The van der Waals surface area contributed by atoms with Gasteiger partial charge in [-0.3, -0.25) is 4.79 Å². The van der Waals surface area contributed by atoms with E-state index in [-0.39, 0.29) is 17.2 Å². The molecular formula is C20H28N2O3S. The van der Waals surface area contributed by atoms with E-state index >= 15 is 0 Å². The van der Waals surface area contributed by atoms with Crippen LogP contribution in [0.2, 0.25) is 0 Å². The van der Waals surface area contributed by atoms with Crippen LogP contribution < -0.4 is 5.32 Å². The highest BCUT2D eigenvalue weighted by molar-refractivity contribution is 7.88. The van der Waals surface area contributed by atoms with Gasteiger partial charge in [-0.05, 0) is 60.5 Å². The smallest absolute Gasteiger partial charge is 0.220 e. The molecule has 1 amide bonds. The van der Waals surface area contributed by atoms with Crippen molar-refractivity contribution in [3.8, 4) is 0 Å². The molecule has 1 aromatic carbocycles. The van der Waals surface area contributed by atoms with E-state index in [1.807, 2.05) is 0 Å². The lowest BCUT2D eigenvalue weighted by Crippen LogP contribution is -2.44. The molecule has 1 aliphatic heterocycles. The fourth-order valence-electron chi connectivity index (χ4n) is 4.81. The lowest BCUT2D eigenvalue weighted by Gasteiger charge is -2.39. The number of nitrogens with one attached hydrogen (secondary N) is 1. The molecule has 0 radical (unpaired) electrons. The fourth-order valence-corrected chi connectivity index (χ4v) is 5.65. The molecule has 2 aliphatic carbocycles. The number of carbonyl (C=O) groups excluding carboxylic acids is 1. The summed E-state index contributed by atoms with van der Waals surface area (Å²) in [5, 5.41) is 3.09. The summed E-state index contributed by atoms with van der Waals surface area (Å²) in [7, 11) is -3.12. The molecule has 1 heterocycles. The van der Waals surface area contributed by atoms with E-state index in [9.17, 15) is 13.2 Å². The maximum atomic E-state index is 12.4. The van der Waals surface area contributed by atoms with Crippen molar-refractivity contribution in [2.24, 2.45) is 5.92 Å². The number of piperidine rings is 1. The summed E-state index contributed by atoms with van der Waals surface area (Å²) in [6.45, 7) is 1.98. The average Bonchev–Trinajstić information content (AvgIpc) is 3.39. The van der Waals surface area contributed by atoms with E-state index in [2.05, 4.69) is 29.6 Å².